The molecule has 3 nitrogen and oxygen atoms in total. The van der Waals surface area contributed by atoms with Crippen molar-refractivity contribution in [3.63, 3.8) is 0 Å². The van der Waals surface area contributed by atoms with Crippen LogP contribution in [0.25, 0.3) is 0 Å². The standard InChI is InChI=1S/C20H25NO2/c1-21(18-9-11-20(12-10-18)23-14-13-22-2)19-8-7-16-5-3-4-6-17(16)15-19/h7-12,15H,3-6,13-14H2,1-2H3. The number of nitrogens with zero attached hydrogens (tertiary/aromatic N) is 1. The van der Waals surface area contributed by atoms with Crippen molar-refractivity contribution in [2.24, 2.45) is 0 Å². The van der Waals surface area contributed by atoms with E-state index in [1.165, 1.54) is 48.2 Å². The van der Waals surface area contributed by atoms with Gasteiger partial charge in [-0.3, -0.25) is 0 Å². The number of benzene rings is 2. The van der Waals surface area contributed by atoms with Gasteiger partial charge in [-0.05, 0) is 73.2 Å². The molecule has 1 aliphatic rings. The van der Waals surface area contributed by atoms with Crippen LogP contribution in [-0.2, 0) is 17.6 Å². The largest absolute Gasteiger partial charge is 0.491 e. The fourth-order valence-corrected chi connectivity index (χ4v) is 3.09. The minimum absolute atomic E-state index is 0.580. The van der Waals surface area contributed by atoms with Gasteiger partial charge in [0.15, 0.2) is 0 Å². The summed E-state index contributed by atoms with van der Waals surface area (Å²) in [6.45, 7) is 1.19. The van der Waals surface area contributed by atoms with Crippen molar-refractivity contribution < 1.29 is 9.47 Å². The van der Waals surface area contributed by atoms with E-state index in [0.29, 0.717) is 13.2 Å². The maximum Gasteiger partial charge on any atom is 0.119 e. The average molecular weight is 311 g/mol. The summed E-state index contributed by atoms with van der Waals surface area (Å²) in [6.07, 6.45) is 5.08. The molecule has 0 fully saturated rings. The number of hydrogen-bond acceptors (Lipinski definition) is 3. The van der Waals surface area contributed by atoms with Crippen LogP contribution in [-0.4, -0.2) is 27.4 Å². The third-order valence-electron chi connectivity index (χ3n) is 4.50. The Kier molecular flexibility index (Phi) is 5.19. The van der Waals surface area contributed by atoms with Crippen LogP contribution in [0.2, 0.25) is 0 Å². The molecule has 0 heterocycles. The molecule has 0 amide bonds. The summed E-state index contributed by atoms with van der Waals surface area (Å²) in [6, 6.07) is 15.1. The smallest absolute Gasteiger partial charge is 0.119 e. The average Bonchev–Trinajstić information content (AvgIpc) is 2.61. The molecule has 0 spiro atoms. The van der Waals surface area contributed by atoms with Crippen molar-refractivity contribution in [3.05, 3.63) is 53.6 Å². The van der Waals surface area contributed by atoms with Crippen LogP contribution in [0.3, 0.4) is 0 Å². The van der Waals surface area contributed by atoms with E-state index in [1.807, 2.05) is 12.1 Å². The number of methoxy groups -OCH3 is 1. The van der Waals surface area contributed by atoms with Gasteiger partial charge in [0, 0.05) is 25.5 Å². The molecular formula is C20H25NO2. The van der Waals surface area contributed by atoms with Crippen molar-refractivity contribution in [2.75, 3.05) is 32.3 Å². The second-order valence-corrected chi connectivity index (χ2v) is 6.05. The van der Waals surface area contributed by atoms with Gasteiger partial charge in [0.2, 0.25) is 0 Å². The zero-order chi connectivity index (χ0) is 16.1. The maximum atomic E-state index is 5.62. The van der Waals surface area contributed by atoms with E-state index in [4.69, 9.17) is 9.47 Å². The van der Waals surface area contributed by atoms with Crippen molar-refractivity contribution >= 4 is 11.4 Å². The van der Waals surface area contributed by atoms with E-state index >= 15 is 0 Å². The van der Waals surface area contributed by atoms with Gasteiger partial charge < -0.3 is 14.4 Å². The van der Waals surface area contributed by atoms with E-state index in [1.54, 1.807) is 7.11 Å². The molecule has 2 aromatic rings. The SMILES string of the molecule is COCCOc1ccc(N(C)c2ccc3c(c2)CCCC3)cc1. The van der Waals surface area contributed by atoms with Gasteiger partial charge in [-0.15, -0.1) is 0 Å². The second kappa shape index (κ2) is 7.51. The first-order valence-corrected chi connectivity index (χ1v) is 8.35. The molecule has 23 heavy (non-hydrogen) atoms. The summed E-state index contributed by atoms with van der Waals surface area (Å²) in [5, 5.41) is 0. The van der Waals surface area contributed by atoms with E-state index in [-0.39, 0.29) is 0 Å². The summed E-state index contributed by atoms with van der Waals surface area (Å²) >= 11 is 0. The van der Waals surface area contributed by atoms with Gasteiger partial charge in [0.1, 0.15) is 12.4 Å². The first-order valence-electron chi connectivity index (χ1n) is 8.35. The summed E-state index contributed by atoms with van der Waals surface area (Å²) in [7, 11) is 3.80. The zero-order valence-electron chi connectivity index (χ0n) is 14.0. The number of fused-ring (bicyclic) bond motifs is 1. The Morgan fingerprint density at radius 2 is 1.57 bits per heavy atom. The minimum atomic E-state index is 0.580. The zero-order valence-corrected chi connectivity index (χ0v) is 14.0. The topological polar surface area (TPSA) is 21.7 Å². The summed E-state index contributed by atoms with van der Waals surface area (Å²) in [5.41, 5.74) is 5.45. The van der Waals surface area contributed by atoms with Crippen molar-refractivity contribution in [2.45, 2.75) is 25.7 Å². The highest BCUT2D eigenvalue weighted by Crippen LogP contribution is 2.30. The molecule has 2 aromatic carbocycles. The third-order valence-corrected chi connectivity index (χ3v) is 4.50. The lowest BCUT2D eigenvalue weighted by molar-refractivity contribution is 0.146. The molecule has 0 unspecified atom stereocenters. The number of aryl methyl sites for hydroxylation is 2. The van der Waals surface area contributed by atoms with E-state index in [9.17, 15) is 0 Å². The Bertz CT molecular complexity index is 637. The van der Waals surface area contributed by atoms with Crippen LogP contribution in [0.1, 0.15) is 24.0 Å². The van der Waals surface area contributed by atoms with E-state index < -0.39 is 0 Å². The molecule has 0 bridgehead atoms. The highest BCUT2D eigenvalue weighted by molar-refractivity contribution is 5.64. The normalized spacial score (nSPS) is 13.5. The summed E-state index contributed by atoms with van der Waals surface area (Å²) in [5.74, 6) is 0.879. The molecule has 122 valence electrons. The van der Waals surface area contributed by atoms with Crippen molar-refractivity contribution in [3.8, 4) is 5.75 Å². The fourth-order valence-electron chi connectivity index (χ4n) is 3.09. The maximum absolute atomic E-state index is 5.62. The van der Waals surface area contributed by atoms with Gasteiger partial charge in [-0.1, -0.05) is 6.07 Å². The molecule has 0 radical (unpaired) electrons. The van der Waals surface area contributed by atoms with Gasteiger partial charge in [-0.2, -0.15) is 0 Å². The Hall–Kier alpha value is -2.00. The van der Waals surface area contributed by atoms with Gasteiger partial charge in [0.05, 0.1) is 6.61 Å². The fraction of sp³-hybridized carbons (Fsp3) is 0.400. The first-order chi connectivity index (χ1) is 11.3. The Morgan fingerprint density at radius 3 is 2.30 bits per heavy atom. The molecule has 0 saturated carbocycles. The van der Waals surface area contributed by atoms with Crippen LogP contribution in [0, 0.1) is 0 Å². The predicted molar refractivity (Wildman–Crippen MR) is 95.0 cm³/mol. The Morgan fingerprint density at radius 1 is 0.870 bits per heavy atom. The van der Waals surface area contributed by atoms with Gasteiger partial charge in [-0.25, -0.2) is 0 Å². The molecule has 0 N–H and O–H groups in total. The quantitative estimate of drug-likeness (QED) is 0.740. The lowest BCUT2D eigenvalue weighted by Gasteiger charge is -2.23. The van der Waals surface area contributed by atoms with Crippen LogP contribution in [0.15, 0.2) is 42.5 Å². The number of ether oxygens (including phenoxy) is 2. The number of anilines is 2. The predicted octanol–water partition coefficient (Wildman–Crippen LogP) is 4.36. The molecular weight excluding hydrogens is 286 g/mol. The molecule has 3 rings (SSSR count). The van der Waals surface area contributed by atoms with Crippen LogP contribution >= 0.6 is 0 Å². The third kappa shape index (κ3) is 3.85. The number of hydrogen-bond donors (Lipinski definition) is 0. The Labute approximate surface area is 138 Å². The highest BCUT2D eigenvalue weighted by Gasteiger charge is 2.12. The minimum Gasteiger partial charge on any atom is -0.491 e. The Balaban J connectivity index is 1.71. The van der Waals surface area contributed by atoms with Crippen LogP contribution in [0.4, 0.5) is 11.4 Å². The second-order valence-electron chi connectivity index (χ2n) is 6.05. The van der Waals surface area contributed by atoms with Gasteiger partial charge in [0.25, 0.3) is 0 Å². The van der Waals surface area contributed by atoms with Crippen molar-refractivity contribution in [1.82, 2.24) is 0 Å². The van der Waals surface area contributed by atoms with E-state index in [0.717, 1.165) is 5.75 Å². The monoisotopic (exact) mass is 311 g/mol. The van der Waals surface area contributed by atoms with Crippen molar-refractivity contribution in [1.29, 1.82) is 0 Å². The summed E-state index contributed by atoms with van der Waals surface area (Å²) in [4.78, 5) is 2.23. The molecule has 1 aliphatic carbocycles. The van der Waals surface area contributed by atoms with Gasteiger partial charge >= 0.3 is 0 Å². The van der Waals surface area contributed by atoms with Crippen LogP contribution < -0.4 is 9.64 Å². The molecule has 0 atom stereocenters. The first kappa shape index (κ1) is 15.9. The lowest BCUT2D eigenvalue weighted by atomic mass is 9.91. The van der Waals surface area contributed by atoms with E-state index in [2.05, 4.69) is 42.3 Å². The highest BCUT2D eigenvalue weighted by atomic mass is 16.5. The lowest BCUT2D eigenvalue weighted by Crippen LogP contribution is -2.11. The molecule has 0 aliphatic heterocycles. The molecule has 3 heteroatoms. The number of rotatable bonds is 6. The molecule has 0 aromatic heterocycles. The van der Waals surface area contributed by atoms with Crippen LogP contribution in [0.5, 0.6) is 5.75 Å². The summed E-state index contributed by atoms with van der Waals surface area (Å²) < 4.78 is 10.6. The molecule has 0 saturated heterocycles.